The summed E-state index contributed by atoms with van der Waals surface area (Å²) in [5, 5.41) is 20.3. The molecular formula is C105H68N4S. The van der Waals surface area contributed by atoms with Gasteiger partial charge in [-0.25, -0.2) is 0 Å². The molecule has 0 aliphatic heterocycles. The van der Waals surface area contributed by atoms with Gasteiger partial charge < -0.3 is 18.3 Å². The Morgan fingerprint density at radius 3 is 1.18 bits per heavy atom. The quantitative estimate of drug-likeness (QED) is 0.152. The highest BCUT2D eigenvalue weighted by atomic mass is 32.1. The molecule has 1 aliphatic rings. The van der Waals surface area contributed by atoms with Gasteiger partial charge in [-0.05, 0) is 221 Å². The van der Waals surface area contributed by atoms with Gasteiger partial charge in [-0.1, -0.05) is 257 Å². The van der Waals surface area contributed by atoms with Gasteiger partial charge in [-0.3, -0.25) is 0 Å². The van der Waals surface area contributed by atoms with Crippen molar-refractivity contribution in [3.8, 4) is 67.3 Å². The third-order valence-corrected chi connectivity index (χ3v) is 25.1. The normalized spacial score (nSPS) is 12.7. The van der Waals surface area contributed by atoms with E-state index >= 15 is 0 Å². The van der Waals surface area contributed by atoms with Crippen LogP contribution in [0.5, 0.6) is 0 Å². The molecule has 0 spiro atoms. The first-order valence-corrected chi connectivity index (χ1v) is 38.9. The van der Waals surface area contributed by atoms with Crippen molar-refractivity contribution in [1.82, 2.24) is 18.3 Å². The number of para-hydroxylation sites is 2. The minimum Gasteiger partial charge on any atom is -0.309 e. The maximum absolute atomic E-state index is 2.50. The fourth-order valence-electron chi connectivity index (χ4n) is 18.7. The first kappa shape index (κ1) is 62.4. The van der Waals surface area contributed by atoms with Crippen LogP contribution < -0.4 is 0 Å². The summed E-state index contributed by atoms with van der Waals surface area (Å²) in [7, 11) is 0. The van der Waals surface area contributed by atoms with Crippen molar-refractivity contribution in [3.05, 3.63) is 387 Å². The van der Waals surface area contributed by atoms with Crippen LogP contribution in [0.4, 0.5) is 0 Å². The molecule has 0 bridgehead atoms. The lowest BCUT2D eigenvalue weighted by atomic mass is 9.82. The van der Waals surface area contributed by atoms with Gasteiger partial charge in [0, 0.05) is 91.4 Å². The van der Waals surface area contributed by atoms with E-state index < -0.39 is 0 Å². The highest BCUT2D eigenvalue weighted by Gasteiger charge is 2.36. The van der Waals surface area contributed by atoms with E-state index in [4.69, 9.17) is 0 Å². The summed E-state index contributed by atoms with van der Waals surface area (Å²) >= 11 is 1.88. The van der Waals surface area contributed by atoms with Crippen LogP contribution in [-0.2, 0) is 5.41 Å². The van der Waals surface area contributed by atoms with Crippen LogP contribution in [0, 0.1) is 0 Å². The Bertz CT molecular complexity index is 7820. The minimum absolute atomic E-state index is 0.0859. The van der Waals surface area contributed by atoms with E-state index in [0.29, 0.717) is 0 Å². The molecule has 1 aliphatic carbocycles. The molecule has 24 rings (SSSR count). The van der Waals surface area contributed by atoms with Crippen LogP contribution >= 0.6 is 11.3 Å². The third-order valence-electron chi connectivity index (χ3n) is 23.9. The summed E-state index contributed by atoms with van der Waals surface area (Å²) in [4.78, 5) is 0. The summed E-state index contributed by atoms with van der Waals surface area (Å²) < 4.78 is 12.4. The third kappa shape index (κ3) is 9.51. The number of thiophene rings is 1. The molecular weight excluding hydrogens is 1350 g/mol. The van der Waals surface area contributed by atoms with Crippen molar-refractivity contribution in [2.45, 2.75) is 19.3 Å². The molecule has 18 aromatic carbocycles. The van der Waals surface area contributed by atoms with Gasteiger partial charge in [0.25, 0.3) is 0 Å². The predicted molar refractivity (Wildman–Crippen MR) is 470 cm³/mol. The molecule has 0 amide bonds. The Morgan fingerprint density at radius 1 is 0.209 bits per heavy atom. The second-order valence-corrected chi connectivity index (χ2v) is 31.4. The highest BCUT2D eigenvalue weighted by Crippen LogP contribution is 2.52. The van der Waals surface area contributed by atoms with Crippen LogP contribution in [0.3, 0.4) is 0 Å². The Kier molecular flexibility index (Phi) is 13.7. The summed E-state index contributed by atoms with van der Waals surface area (Å²) in [6.07, 6.45) is 0. The van der Waals surface area contributed by atoms with E-state index in [0.717, 1.165) is 0 Å². The average molecular weight is 1420 g/mol. The molecule has 514 valence electrons. The van der Waals surface area contributed by atoms with Crippen LogP contribution in [0.1, 0.15) is 25.0 Å². The average Bonchev–Trinajstić information content (AvgIpc) is 1.56. The van der Waals surface area contributed by atoms with E-state index in [2.05, 4.69) is 408 Å². The molecule has 5 heteroatoms. The largest absolute Gasteiger partial charge is 0.309 e. The van der Waals surface area contributed by atoms with Crippen molar-refractivity contribution in [2.75, 3.05) is 0 Å². The number of aromatic nitrogens is 4. The lowest BCUT2D eigenvalue weighted by Gasteiger charge is -2.21. The van der Waals surface area contributed by atoms with E-state index in [-0.39, 0.29) is 5.41 Å². The zero-order valence-corrected chi connectivity index (χ0v) is 61.3. The molecule has 110 heavy (non-hydrogen) atoms. The number of fused-ring (bicyclic) bond motifs is 22. The molecule has 5 heterocycles. The van der Waals surface area contributed by atoms with Crippen molar-refractivity contribution in [1.29, 1.82) is 0 Å². The van der Waals surface area contributed by atoms with Crippen LogP contribution in [-0.4, -0.2) is 18.3 Å². The zero-order valence-electron chi connectivity index (χ0n) is 60.5. The topological polar surface area (TPSA) is 19.7 Å². The number of benzene rings is 18. The molecule has 0 saturated carbocycles. The van der Waals surface area contributed by atoms with E-state index in [1.807, 2.05) is 11.3 Å². The van der Waals surface area contributed by atoms with Gasteiger partial charge in [0.05, 0.1) is 44.1 Å². The van der Waals surface area contributed by atoms with Crippen molar-refractivity contribution < 1.29 is 0 Å². The second-order valence-electron chi connectivity index (χ2n) is 30.3. The van der Waals surface area contributed by atoms with Gasteiger partial charge >= 0.3 is 0 Å². The van der Waals surface area contributed by atoms with E-state index in [9.17, 15) is 0 Å². The summed E-state index contributed by atoms with van der Waals surface area (Å²) in [5.41, 5.74) is 27.2. The zero-order chi connectivity index (χ0) is 72.5. The molecule has 0 radical (unpaired) electrons. The number of hydrogen-bond donors (Lipinski definition) is 0. The van der Waals surface area contributed by atoms with Crippen LogP contribution in [0.15, 0.2) is 376 Å². The van der Waals surface area contributed by atoms with Gasteiger partial charge in [0.15, 0.2) is 0 Å². The number of rotatable bonds is 7. The molecule has 0 unspecified atom stereocenters. The maximum atomic E-state index is 2.50. The summed E-state index contributed by atoms with van der Waals surface area (Å²) in [5.74, 6) is 0. The molecule has 4 nitrogen and oxygen atoms in total. The lowest BCUT2D eigenvalue weighted by Crippen LogP contribution is -2.14. The molecule has 23 aromatic rings. The standard InChI is InChI=1S/C53H36N2.C52H32N2S/c1-53(2)47-17-9-7-15-41(47)43-31-46-45-30-38(22-26-51(45)55(52(46)32-48(43)53)40-24-20-34-12-4-6-14-36(34)28-40)37-21-25-50-44(29-37)42-16-8-10-18-49(42)54(50)39-23-19-33-11-3-5-13-35(33)27-39;1-2-11-33(12-3-1)36-15-10-16-39(29-36)54-48-27-23-38(32-45(48)42-25-28-50-51(52(42)54)43-18-7-9-20-49(43)55-50)37-22-26-47-44(31-37)41-17-6-8-19-46(41)53(47)40-24-21-34-13-4-5-14-35(34)30-40/h3-32H,1-2H3;1-32H. The second kappa shape index (κ2) is 24.1. The fourth-order valence-corrected chi connectivity index (χ4v) is 19.8. The Morgan fingerprint density at radius 2 is 0.618 bits per heavy atom. The smallest absolute Gasteiger partial charge is 0.0634 e. The maximum Gasteiger partial charge on any atom is 0.0634 e. The van der Waals surface area contributed by atoms with Crippen LogP contribution in [0.2, 0.25) is 0 Å². The highest BCUT2D eigenvalue weighted by molar-refractivity contribution is 7.26. The van der Waals surface area contributed by atoms with Crippen molar-refractivity contribution in [3.63, 3.8) is 0 Å². The summed E-state index contributed by atoms with van der Waals surface area (Å²) in [6, 6.07) is 139. The van der Waals surface area contributed by atoms with E-state index in [1.54, 1.807) is 0 Å². The summed E-state index contributed by atoms with van der Waals surface area (Å²) in [6.45, 7) is 4.75. The molecule has 0 N–H and O–H groups in total. The molecule has 0 saturated heterocycles. The predicted octanol–water partition coefficient (Wildman–Crippen LogP) is 28.9. The van der Waals surface area contributed by atoms with Crippen molar-refractivity contribution >= 4 is 151 Å². The SMILES string of the molecule is CC1(C)c2ccccc2-c2cc3c4cc(-c5ccc6c(c5)c5ccccc5n6-c5ccc6ccccc6c5)ccc4n(-c4ccc5ccccc5c4)c3cc21.c1ccc(-c2cccc(-n3c4ccc(-c5ccc6c(c5)c5ccccc5n6-c5ccc6ccccc6c5)cc4c4ccc5sc6ccccc6c5c43)c2)cc1. The first-order chi connectivity index (χ1) is 54.3. The molecule has 5 aromatic heterocycles. The minimum atomic E-state index is -0.0859. The van der Waals surface area contributed by atoms with Gasteiger partial charge in [0.2, 0.25) is 0 Å². The van der Waals surface area contributed by atoms with Crippen molar-refractivity contribution in [2.24, 2.45) is 0 Å². The fraction of sp³-hybridized carbons (Fsp3) is 0.0286. The van der Waals surface area contributed by atoms with Gasteiger partial charge in [-0.2, -0.15) is 0 Å². The number of nitrogens with zero attached hydrogens (tertiary/aromatic N) is 4. The molecule has 0 fully saturated rings. The monoisotopic (exact) mass is 1420 g/mol. The first-order valence-electron chi connectivity index (χ1n) is 38.1. The number of hydrogen-bond acceptors (Lipinski definition) is 1. The van der Waals surface area contributed by atoms with Crippen LogP contribution in [0.25, 0.3) is 207 Å². The Balaban J connectivity index is 0.000000132. The van der Waals surface area contributed by atoms with Gasteiger partial charge in [0.1, 0.15) is 0 Å². The Labute approximate surface area is 638 Å². The Hall–Kier alpha value is -13.8. The van der Waals surface area contributed by atoms with E-state index in [1.165, 1.54) is 218 Å². The molecule has 0 atom stereocenters. The lowest BCUT2D eigenvalue weighted by molar-refractivity contribution is 0.661. The van der Waals surface area contributed by atoms with Gasteiger partial charge in [-0.15, -0.1) is 11.3 Å².